The third-order valence-corrected chi connectivity index (χ3v) is 9.80. The quantitative estimate of drug-likeness (QED) is 0.251. The lowest BCUT2D eigenvalue weighted by atomic mass is 9.84. The van der Waals surface area contributed by atoms with Crippen molar-refractivity contribution < 1.29 is 19.4 Å². The Balaban J connectivity index is 1.43. The first-order valence-corrected chi connectivity index (χ1v) is 15.5. The van der Waals surface area contributed by atoms with Crippen molar-refractivity contribution in [2.45, 2.75) is 41.4 Å². The van der Waals surface area contributed by atoms with Gasteiger partial charge in [0.15, 0.2) is 0 Å². The van der Waals surface area contributed by atoms with Gasteiger partial charge in [-0.3, -0.25) is 0 Å². The second kappa shape index (κ2) is 13.9. The molecule has 2 fully saturated rings. The summed E-state index contributed by atoms with van der Waals surface area (Å²) < 4.78 is 4.97. The number of urea groups is 1. The molecule has 2 atom stereocenters. The Labute approximate surface area is 252 Å². The Kier molecular flexibility index (Phi) is 9.87. The monoisotopic (exact) mass is 585 g/mol. The van der Waals surface area contributed by atoms with E-state index in [0.29, 0.717) is 45.4 Å². The molecule has 3 aromatic rings. The predicted molar refractivity (Wildman–Crippen MR) is 167 cm³/mol. The van der Waals surface area contributed by atoms with Crippen LogP contribution >= 0.6 is 11.8 Å². The molecule has 5 rings (SSSR count). The van der Waals surface area contributed by atoms with E-state index in [1.807, 2.05) is 30.0 Å². The highest BCUT2D eigenvalue weighted by Gasteiger charge is 2.44. The Morgan fingerprint density at radius 3 is 1.95 bits per heavy atom. The van der Waals surface area contributed by atoms with Crippen LogP contribution in [-0.2, 0) is 9.48 Å². The van der Waals surface area contributed by atoms with Gasteiger partial charge in [0.2, 0.25) is 0 Å². The lowest BCUT2D eigenvalue weighted by Crippen LogP contribution is -2.49. The number of likely N-dealkylation sites (tertiary alicyclic amines) is 2. The third-order valence-electron chi connectivity index (χ3n) is 8.06. The standard InChI is InChI=1S/C34H39N3O4S/c1-2-22-41-33(40)37-25-31(23-29(37)24-35-32(39)36-20-18-30(38)19-21-36)42-34(26-12-6-3-7-13-26,27-14-8-4-9-15-27)28-16-10-5-11-17-28/h2-17,29-31,38H,1,18-25H2,(H,35,39)/t29-,31-/m0/s1. The SMILES string of the molecule is C=CCOC(=O)N1C[C@@H](SC(c2ccccc2)(c2ccccc2)c2ccccc2)C[C@H]1CNC(=O)N1CCC(O)CC1. The van der Waals surface area contributed by atoms with Crippen molar-refractivity contribution in [3.63, 3.8) is 0 Å². The molecule has 8 heteroatoms. The van der Waals surface area contributed by atoms with E-state index in [2.05, 4.69) is 84.7 Å². The second-order valence-electron chi connectivity index (χ2n) is 10.8. The Morgan fingerprint density at radius 1 is 0.929 bits per heavy atom. The molecule has 0 radical (unpaired) electrons. The number of hydrogen-bond donors (Lipinski definition) is 2. The van der Waals surface area contributed by atoms with Gasteiger partial charge in [-0.25, -0.2) is 9.59 Å². The number of carbonyl (C=O) groups excluding carboxylic acids is 2. The minimum atomic E-state index is -0.516. The highest BCUT2D eigenvalue weighted by molar-refractivity contribution is 8.01. The number of carbonyl (C=O) groups is 2. The van der Waals surface area contributed by atoms with Crippen LogP contribution in [0.5, 0.6) is 0 Å². The number of aliphatic hydroxyl groups is 1. The first kappa shape index (κ1) is 29.7. The summed E-state index contributed by atoms with van der Waals surface area (Å²) in [4.78, 5) is 29.7. The van der Waals surface area contributed by atoms with Crippen LogP contribution < -0.4 is 5.32 Å². The highest BCUT2D eigenvalue weighted by Crippen LogP contribution is 2.52. The van der Waals surface area contributed by atoms with Crippen LogP contribution in [0.3, 0.4) is 0 Å². The maximum atomic E-state index is 13.2. The van der Waals surface area contributed by atoms with Crippen LogP contribution in [0.25, 0.3) is 0 Å². The third kappa shape index (κ3) is 6.66. The summed E-state index contributed by atoms with van der Waals surface area (Å²) >= 11 is 1.85. The molecule has 2 heterocycles. The summed E-state index contributed by atoms with van der Waals surface area (Å²) in [5.41, 5.74) is 3.49. The van der Waals surface area contributed by atoms with E-state index in [1.165, 1.54) is 0 Å². The number of amides is 3. The molecular formula is C34H39N3O4S. The Bertz CT molecular complexity index is 1220. The van der Waals surface area contributed by atoms with E-state index < -0.39 is 10.8 Å². The van der Waals surface area contributed by atoms with E-state index in [-0.39, 0.29) is 30.0 Å². The molecule has 2 N–H and O–H groups in total. The number of hydrogen-bond acceptors (Lipinski definition) is 5. The number of rotatable bonds is 9. The normalized spacial score (nSPS) is 19.4. The van der Waals surface area contributed by atoms with Gasteiger partial charge in [0.1, 0.15) is 6.61 Å². The molecule has 2 aliphatic rings. The van der Waals surface area contributed by atoms with Crippen LogP contribution in [0.15, 0.2) is 104 Å². The zero-order valence-corrected chi connectivity index (χ0v) is 24.6. The van der Waals surface area contributed by atoms with Gasteiger partial charge in [0.25, 0.3) is 0 Å². The fourth-order valence-electron chi connectivity index (χ4n) is 5.95. The molecule has 0 spiro atoms. The molecule has 3 amide bonds. The van der Waals surface area contributed by atoms with Gasteiger partial charge in [0, 0.05) is 31.4 Å². The van der Waals surface area contributed by atoms with Crippen LogP contribution in [0, 0.1) is 0 Å². The summed E-state index contributed by atoms with van der Waals surface area (Å²) in [5.74, 6) is 0. The highest BCUT2D eigenvalue weighted by atomic mass is 32.2. The van der Waals surface area contributed by atoms with Crippen LogP contribution in [0.4, 0.5) is 9.59 Å². The van der Waals surface area contributed by atoms with Crippen molar-refractivity contribution in [3.05, 3.63) is 120 Å². The average molecular weight is 586 g/mol. The minimum absolute atomic E-state index is 0.0638. The van der Waals surface area contributed by atoms with Gasteiger partial charge in [-0.05, 0) is 36.0 Å². The molecular weight excluding hydrogens is 546 g/mol. The van der Waals surface area contributed by atoms with Gasteiger partial charge in [-0.1, -0.05) is 104 Å². The number of nitrogens with one attached hydrogen (secondary N) is 1. The lowest BCUT2D eigenvalue weighted by molar-refractivity contribution is 0.0913. The molecule has 42 heavy (non-hydrogen) atoms. The summed E-state index contributed by atoms with van der Waals surface area (Å²) in [5, 5.41) is 12.9. The molecule has 0 unspecified atom stereocenters. The summed E-state index contributed by atoms with van der Waals surface area (Å²) in [6.45, 7) is 5.67. The summed E-state index contributed by atoms with van der Waals surface area (Å²) in [6, 6.07) is 31.2. The first-order valence-electron chi connectivity index (χ1n) is 14.6. The zero-order chi connectivity index (χ0) is 29.4. The molecule has 2 aliphatic heterocycles. The first-order chi connectivity index (χ1) is 20.5. The predicted octanol–water partition coefficient (Wildman–Crippen LogP) is 5.64. The maximum absolute atomic E-state index is 13.2. The number of benzene rings is 3. The zero-order valence-electron chi connectivity index (χ0n) is 23.8. The maximum Gasteiger partial charge on any atom is 0.410 e. The summed E-state index contributed by atoms with van der Waals surface area (Å²) in [6.07, 6.45) is 2.67. The minimum Gasteiger partial charge on any atom is -0.445 e. The van der Waals surface area contributed by atoms with Crippen molar-refractivity contribution in [2.24, 2.45) is 0 Å². The smallest absolute Gasteiger partial charge is 0.410 e. The van der Waals surface area contributed by atoms with E-state index in [0.717, 1.165) is 16.7 Å². The molecule has 3 aromatic carbocycles. The Morgan fingerprint density at radius 2 is 1.45 bits per heavy atom. The molecule has 7 nitrogen and oxygen atoms in total. The number of nitrogens with zero attached hydrogens (tertiary/aromatic N) is 2. The second-order valence-corrected chi connectivity index (χ2v) is 12.3. The van der Waals surface area contributed by atoms with Gasteiger partial charge in [0.05, 0.1) is 16.9 Å². The van der Waals surface area contributed by atoms with Crippen LogP contribution in [-0.4, -0.2) is 77.2 Å². The fourth-order valence-corrected chi connectivity index (χ4v) is 7.82. The molecule has 220 valence electrons. The van der Waals surface area contributed by atoms with E-state index >= 15 is 0 Å². The van der Waals surface area contributed by atoms with E-state index in [4.69, 9.17) is 4.74 Å². The lowest BCUT2D eigenvalue weighted by Gasteiger charge is -2.37. The van der Waals surface area contributed by atoms with Crippen LogP contribution in [0.1, 0.15) is 36.0 Å². The van der Waals surface area contributed by atoms with Crippen molar-refractivity contribution in [1.82, 2.24) is 15.1 Å². The van der Waals surface area contributed by atoms with Crippen molar-refractivity contribution in [3.8, 4) is 0 Å². The van der Waals surface area contributed by atoms with Crippen molar-refractivity contribution in [1.29, 1.82) is 0 Å². The number of aliphatic hydroxyl groups excluding tert-OH is 1. The molecule has 0 saturated carbocycles. The fraction of sp³-hybridized carbons (Fsp3) is 0.353. The van der Waals surface area contributed by atoms with Gasteiger partial charge >= 0.3 is 12.1 Å². The van der Waals surface area contributed by atoms with Gasteiger partial charge < -0.3 is 25.0 Å². The topological polar surface area (TPSA) is 82.1 Å². The van der Waals surface area contributed by atoms with Gasteiger partial charge in [-0.15, -0.1) is 11.8 Å². The molecule has 0 bridgehead atoms. The largest absolute Gasteiger partial charge is 0.445 e. The Hall–Kier alpha value is -3.75. The number of piperidine rings is 1. The van der Waals surface area contributed by atoms with Crippen molar-refractivity contribution >= 4 is 23.9 Å². The summed E-state index contributed by atoms with van der Waals surface area (Å²) in [7, 11) is 0. The number of ether oxygens (including phenoxy) is 1. The van der Waals surface area contributed by atoms with Crippen molar-refractivity contribution in [2.75, 3.05) is 32.8 Å². The molecule has 0 aliphatic carbocycles. The number of thioether (sulfide) groups is 1. The van der Waals surface area contributed by atoms with Crippen LogP contribution in [0.2, 0.25) is 0 Å². The average Bonchev–Trinajstić information content (AvgIpc) is 3.45. The molecule has 2 saturated heterocycles. The van der Waals surface area contributed by atoms with E-state index in [1.54, 1.807) is 15.9 Å². The van der Waals surface area contributed by atoms with Gasteiger partial charge in [-0.2, -0.15) is 0 Å². The van der Waals surface area contributed by atoms with E-state index in [9.17, 15) is 14.7 Å². The molecule has 0 aromatic heterocycles.